The van der Waals surface area contributed by atoms with Crippen LogP contribution in [0.15, 0.2) is 0 Å². The fourth-order valence-corrected chi connectivity index (χ4v) is 3.60. The number of carbonyl (C=O) groups excluding carboxylic acids is 1. The summed E-state index contributed by atoms with van der Waals surface area (Å²) in [5, 5.41) is 9.01. The van der Waals surface area contributed by atoms with Gasteiger partial charge in [0.15, 0.2) is 0 Å². The number of nitrogens with zero attached hydrogens (tertiary/aromatic N) is 2. The molecule has 3 unspecified atom stereocenters. The highest BCUT2D eigenvalue weighted by molar-refractivity contribution is 7.29. The molecule has 2 N–H and O–H groups in total. The first-order chi connectivity index (χ1) is 12.1. The van der Waals surface area contributed by atoms with E-state index in [1.807, 2.05) is 38.4 Å². The van der Waals surface area contributed by atoms with Crippen molar-refractivity contribution in [2.24, 2.45) is 11.7 Å². The number of nitrogens with two attached hydrogens (primary N) is 1. The maximum absolute atomic E-state index is 13.0. The lowest BCUT2D eigenvalue weighted by Gasteiger charge is -2.32. The lowest BCUT2D eigenvalue weighted by atomic mass is 9.89. The first-order valence-electron chi connectivity index (χ1n) is 8.93. The van der Waals surface area contributed by atoms with Crippen molar-refractivity contribution in [2.75, 3.05) is 6.54 Å². The summed E-state index contributed by atoms with van der Waals surface area (Å²) in [4.78, 5) is 11.9. The zero-order valence-corrected chi connectivity index (χ0v) is 17.0. The van der Waals surface area contributed by atoms with Crippen molar-refractivity contribution >= 4 is 14.7 Å². The molecule has 0 aromatic carbocycles. The van der Waals surface area contributed by atoms with E-state index in [9.17, 15) is 18.0 Å². The molecule has 5 nitrogen and oxygen atoms in total. The number of Topliss-reactive ketones (excluding diaryl/α,β-unsaturated/α-hetero) is 1. The molecule has 0 aromatic heterocycles. The summed E-state index contributed by atoms with van der Waals surface area (Å²) in [7, 11) is -0.209. The standard InChI is InChI=1S/C17H31F3N3O2P/c1-12(2)23(13(3)4)26-25-15(9-11-22)14(8-6-5-7-10-21)16(24)17(18,19)20/h12-15,26H,5-10,21H2,1-4H3. The largest absolute Gasteiger partial charge is 0.450 e. The second-order valence-electron chi connectivity index (χ2n) is 6.81. The minimum Gasteiger partial charge on any atom is -0.341 e. The Bertz CT molecular complexity index is 446. The van der Waals surface area contributed by atoms with Crippen LogP contribution in [0.1, 0.15) is 59.8 Å². The number of rotatable bonds is 13. The van der Waals surface area contributed by atoms with Crippen LogP contribution in [0.4, 0.5) is 13.2 Å². The molecule has 0 aliphatic carbocycles. The third-order valence-corrected chi connectivity index (χ3v) is 5.65. The van der Waals surface area contributed by atoms with Crippen molar-refractivity contribution in [2.45, 2.75) is 84.2 Å². The molecule has 0 saturated heterocycles. The van der Waals surface area contributed by atoms with Crippen molar-refractivity contribution < 1.29 is 22.5 Å². The summed E-state index contributed by atoms with van der Waals surface area (Å²) in [6.45, 7) is 8.29. The van der Waals surface area contributed by atoms with Crippen molar-refractivity contribution in [1.82, 2.24) is 4.67 Å². The van der Waals surface area contributed by atoms with Crippen LogP contribution in [0.2, 0.25) is 0 Å². The Hall–Kier alpha value is -0.740. The van der Waals surface area contributed by atoms with E-state index in [4.69, 9.17) is 15.5 Å². The number of hydrogen-bond donors (Lipinski definition) is 1. The van der Waals surface area contributed by atoms with Crippen molar-refractivity contribution in [3.8, 4) is 6.07 Å². The summed E-state index contributed by atoms with van der Waals surface area (Å²) in [6, 6.07) is 2.13. The minimum absolute atomic E-state index is 0.0402. The first kappa shape index (κ1) is 25.3. The Morgan fingerprint density at radius 3 is 2.19 bits per heavy atom. The smallest absolute Gasteiger partial charge is 0.341 e. The molecule has 152 valence electrons. The maximum atomic E-state index is 13.0. The van der Waals surface area contributed by atoms with Gasteiger partial charge in [-0.3, -0.25) is 9.46 Å². The molecule has 3 atom stereocenters. The summed E-state index contributed by atoms with van der Waals surface area (Å²) < 4.78 is 46.7. The third kappa shape index (κ3) is 9.27. The summed E-state index contributed by atoms with van der Waals surface area (Å²) in [5.74, 6) is -3.17. The summed E-state index contributed by atoms with van der Waals surface area (Å²) in [6.07, 6.45) is -4.44. The van der Waals surface area contributed by atoms with E-state index < -0.39 is 24.0 Å². The van der Waals surface area contributed by atoms with Gasteiger partial charge in [0, 0.05) is 12.1 Å². The molecule has 0 aliphatic rings. The van der Waals surface area contributed by atoms with Gasteiger partial charge in [-0.25, -0.2) is 0 Å². The van der Waals surface area contributed by atoms with Gasteiger partial charge in [0.1, 0.15) is 0 Å². The molecule has 0 radical (unpaired) electrons. The van der Waals surface area contributed by atoms with Crippen LogP contribution in [-0.2, 0) is 9.32 Å². The van der Waals surface area contributed by atoms with E-state index in [1.54, 1.807) is 0 Å². The van der Waals surface area contributed by atoms with Gasteiger partial charge in [0.25, 0.3) is 0 Å². The molecule has 0 fully saturated rings. The fraction of sp³-hybridized carbons (Fsp3) is 0.882. The van der Waals surface area contributed by atoms with E-state index in [1.165, 1.54) is 0 Å². The summed E-state index contributed by atoms with van der Waals surface area (Å²) in [5.41, 5.74) is 5.40. The second-order valence-corrected chi connectivity index (χ2v) is 7.75. The predicted molar refractivity (Wildman–Crippen MR) is 97.6 cm³/mol. The highest BCUT2D eigenvalue weighted by atomic mass is 31.1. The maximum Gasteiger partial charge on any atom is 0.450 e. The molecule has 0 heterocycles. The van der Waals surface area contributed by atoms with Gasteiger partial charge in [-0.15, -0.1) is 0 Å². The molecule has 0 spiro atoms. The molecular weight excluding hydrogens is 366 g/mol. The molecule has 0 rings (SSSR count). The van der Waals surface area contributed by atoms with Crippen molar-refractivity contribution in [3.63, 3.8) is 0 Å². The molecule has 9 heteroatoms. The van der Waals surface area contributed by atoms with E-state index in [0.29, 0.717) is 25.8 Å². The van der Waals surface area contributed by atoms with Gasteiger partial charge in [-0.05, 0) is 47.1 Å². The van der Waals surface area contributed by atoms with E-state index in [-0.39, 0.29) is 33.9 Å². The molecule has 0 aliphatic heterocycles. The predicted octanol–water partition coefficient (Wildman–Crippen LogP) is 4.18. The normalized spacial score (nSPS) is 15.2. The number of hydrogen-bond acceptors (Lipinski definition) is 5. The van der Waals surface area contributed by atoms with Crippen LogP contribution in [0.5, 0.6) is 0 Å². The van der Waals surface area contributed by atoms with Gasteiger partial charge in [-0.2, -0.15) is 18.4 Å². The Labute approximate surface area is 156 Å². The average molecular weight is 397 g/mol. The first-order valence-corrected chi connectivity index (χ1v) is 9.79. The van der Waals surface area contributed by atoms with E-state index >= 15 is 0 Å². The average Bonchev–Trinajstić information content (AvgIpc) is 2.52. The molecule has 0 aromatic rings. The SMILES string of the molecule is CC(C)N(POC(CC#N)C(CCCCCN)C(=O)C(F)(F)F)C(C)C. The number of nitriles is 1. The van der Waals surface area contributed by atoms with Crippen LogP contribution in [-0.4, -0.2) is 41.4 Å². The van der Waals surface area contributed by atoms with Gasteiger partial charge in [0.2, 0.25) is 5.78 Å². The molecule has 0 saturated carbocycles. The van der Waals surface area contributed by atoms with Gasteiger partial charge in [-0.1, -0.05) is 12.8 Å². The van der Waals surface area contributed by atoms with Crippen molar-refractivity contribution in [1.29, 1.82) is 5.26 Å². The number of alkyl halides is 3. The van der Waals surface area contributed by atoms with E-state index in [2.05, 4.69) is 0 Å². The molecule has 0 amide bonds. The quantitative estimate of drug-likeness (QED) is 0.373. The number of unbranched alkanes of at least 4 members (excludes halogenated alkanes) is 2. The topological polar surface area (TPSA) is 79.3 Å². The molecule has 0 bridgehead atoms. The number of halogens is 3. The van der Waals surface area contributed by atoms with Gasteiger partial charge < -0.3 is 10.3 Å². The lowest BCUT2D eigenvalue weighted by Crippen LogP contribution is -2.39. The Balaban J connectivity index is 5.23. The van der Waals surface area contributed by atoms with Crippen LogP contribution in [0.3, 0.4) is 0 Å². The van der Waals surface area contributed by atoms with Gasteiger partial charge >= 0.3 is 6.18 Å². The molecular formula is C17H31F3N3O2P. The zero-order valence-electron chi connectivity index (χ0n) is 16.0. The number of carbonyl (C=O) groups is 1. The lowest BCUT2D eigenvalue weighted by molar-refractivity contribution is -0.178. The Kier molecular flexibility index (Phi) is 12.3. The molecule has 26 heavy (non-hydrogen) atoms. The van der Waals surface area contributed by atoms with E-state index in [0.717, 1.165) is 0 Å². The third-order valence-electron chi connectivity index (χ3n) is 4.00. The number of ketones is 1. The fourth-order valence-electron chi connectivity index (χ4n) is 2.67. The Morgan fingerprint density at radius 2 is 1.77 bits per heavy atom. The summed E-state index contributed by atoms with van der Waals surface area (Å²) >= 11 is 0. The monoisotopic (exact) mass is 397 g/mol. The van der Waals surface area contributed by atoms with Crippen LogP contribution >= 0.6 is 8.96 Å². The zero-order chi connectivity index (χ0) is 20.3. The van der Waals surface area contributed by atoms with Gasteiger partial charge in [0.05, 0.1) is 33.5 Å². The second kappa shape index (κ2) is 12.6. The minimum atomic E-state index is -4.94. The van der Waals surface area contributed by atoms with Crippen LogP contribution < -0.4 is 5.73 Å². The Morgan fingerprint density at radius 1 is 1.19 bits per heavy atom. The highest BCUT2D eigenvalue weighted by Gasteiger charge is 2.46. The van der Waals surface area contributed by atoms with Crippen LogP contribution in [0, 0.1) is 17.2 Å². The highest BCUT2D eigenvalue weighted by Crippen LogP contribution is 2.35. The van der Waals surface area contributed by atoms with Crippen molar-refractivity contribution in [3.05, 3.63) is 0 Å². The van der Waals surface area contributed by atoms with Crippen LogP contribution in [0.25, 0.3) is 0 Å².